The monoisotopic (exact) mass is 306 g/mol. The van der Waals surface area contributed by atoms with E-state index >= 15 is 0 Å². The fraction of sp³-hybridized carbons (Fsp3) is 0.0556. The Bertz CT molecular complexity index is 813. The van der Waals surface area contributed by atoms with Crippen molar-refractivity contribution in [2.24, 2.45) is 0 Å². The molecule has 0 aliphatic heterocycles. The molecule has 0 spiro atoms. The average molecular weight is 306 g/mol. The van der Waals surface area contributed by atoms with E-state index in [9.17, 15) is 14.9 Å². The molecule has 1 N–H and O–H groups in total. The van der Waals surface area contributed by atoms with E-state index in [1.165, 1.54) is 18.2 Å². The SMILES string of the molecule is O=C(Nc1ccccc1C1C=CC=C1)c1ccccc1[N+](=O)[O-]. The number of allylic oxidation sites excluding steroid dienone is 4. The molecule has 0 saturated carbocycles. The highest BCUT2D eigenvalue weighted by Crippen LogP contribution is 2.30. The third-order valence-electron chi connectivity index (χ3n) is 3.66. The van der Waals surface area contributed by atoms with Crippen LogP contribution >= 0.6 is 0 Å². The smallest absolute Gasteiger partial charge is 0.282 e. The minimum absolute atomic E-state index is 0.0461. The molecule has 0 bridgehead atoms. The van der Waals surface area contributed by atoms with E-state index in [-0.39, 0.29) is 17.2 Å². The molecule has 2 aromatic rings. The summed E-state index contributed by atoms with van der Waals surface area (Å²) in [6.07, 6.45) is 7.95. The van der Waals surface area contributed by atoms with E-state index in [0.29, 0.717) is 5.69 Å². The number of anilines is 1. The van der Waals surface area contributed by atoms with Gasteiger partial charge >= 0.3 is 0 Å². The maximum absolute atomic E-state index is 12.5. The summed E-state index contributed by atoms with van der Waals surface area (Å²) in [4.78, 5) is 23.0. The Kier molecular flexibility index (Phi) is 4.01. The number of carbonyl (C=O) groups excluding carboxylic acids is 1. The maximum Gasteiger partial charge on any atom is 0.282 e. The maximum atomic E-state index is 12.5. The average Bonchev–Trinajstić information content (AvgIpc) is 3.09. The highest BCUT2D eigenvalue weighted by Gasteiger charge is 2.20. The second-order valence-electron chi connectivity index (χ2n) is 5.11. The van der Waals surface area contributed by atoms with Crippen LogP contribution in [0.15, 0.2) is 72.8 Å². The van der Waals surface area contributed by atoms with E-state index in [0.717, 1.165) is 5.56 Å². The predicted octanol–water partition coefficient (Wildman–Crippen LogP) is 4.06. The molecule has 0 heterocycles. The van der Waals surface area contributed by atoms with Crippen LogP contribution in [0, 0.1) is 10.1 Å². The third kappa shape index (κ3) is 3.03. The van der Waals surface area contributed by atoms with Crippen LogP contribution in [-0.2, 0) is 0 Å². The van der Waals surface area contributed by atoms with Gasteiger partial charge in [0.2, 0.25) is 0 Å². The normalized spacial score (nSPS) is 13.2. The van der Waals surface area contributed by atoms with Crippen LogP contribution in [0.3, 0.4) is 0 Å². The molecule has 0 aromatic heterocycles. The number of para-hydroxylation sites is 2. The second kappa shape index (κ2) is 6.27. The molecule has 0 unspecified atom stereocenters. The Morgan fingerprint density at radius 2 is 1.65 bits per heavy atom. The molecule has 1 aliphatic carbocycles. The van der Waals surface area contributed by atoms with Gasteiger partial charge in [0.15, 0.2) is 0 Å². The third-order valence-corrected chi connectivity index (χ3v) is 3.66. The summed E-state index contributed by atoms with van der Waals surface area (Å²) in [6, 6.07) is 13.4. The Labute approximate surface area is 133 Å². The number of nitrogens with zero attached hydrogens (tertiary/aromatic N) is 1. The lowest BCUT2D eigenvalue weighted by Crippen LogP contribution is -2.15. The number of carbonyl (C=O) groups is 1. The molecule has 5 heteroatoms. The zero-order valence-electron chi connectivity index (χ0n) is 12.2. The quantitative estimate of drug-likeness (QED) is 0.684. The summed E-state index contributed by atoms with van der Waals surface area (Å²) >= 11 is 0. The Morgan fingerprint density at radius 3 is 2.39 bits per heavy atom. The van der Waals surface area contributed by atoms with Gasteiger partial charge in [-0.2, -0.15) is 0 Å². The summed E-state index contributed by atoms with van der Waals surface area (Å²) in [5.41, 5.74) is 1.44. The largest absolute Gasteiger partial charge is 0.321 e. The van der Waals surface area contributed by atoms with Gasteiger partial charge in [0.25, 0.3) is 11.6 Å². The van der Waals surface area contributed by atoms with E-state index < -0.39 is 10.8 Å². The zero-order chi connectivity index (χ0) is 16.2. The van der Waals surface area contributed by atoms with E-state index in [4.69, 9.17) is 0 Å². The lowest BCUT2D eigenvalue weighted by atomic mass is 9.98. The van der Waals surface area contributed by atoms with Crippen molar-refractivity contribution in [3.63, 3.8) is 0 Å². The molecule has 0 atom stereocenters. The van der Waals surface area contributed by atoms with Crippen molar-refractivity contribution in [3.05, 3.63) is 94.1 Å². The first kappa shape index (κ1) is 14.7. The highest BCUT2D eigenvalue weighted by molar-refractivity contribution is 6.07. The molecule has 1 amide bonds. The van der Waals surface area contributed by atoms with Gasteiger partial charge in [-0.05, 0) is 17.7 Å². The highest BCUT2D eigenvalue weighted by atomic mass is 16.6. The first-order valence-electron chi connectivity index (χ1n) is 7.15. The number of nitro benzene ring substituents is 1. The molecular formula is C18H14N2O3. The van der Waals surface area contributed by atoms with Gasteiger partial charge in [0.05, 0.1) is 4.92 Å². The van der Waals surface area contributed by atoms with Crippen LogP contribution in [-0.4, -0.2) is 10.8 Å². The Hall–Kier alpha value is -3.21. The van der Waals surface area contributed by atoms with Crippen molar-refractivity contribution >= 4 is 17.3 Å². The molecule has 5 nitrogen and oxygen atoms in total. The Balaban J connectivity index is 1.91. The lowest BCUT2D eigenvalue weighted by Gasteiger charge is -2.14. The van der Waals surface area contributed by atoms with Gasteiger partial charge in [-0.3, -0.25) is 14.9 Å². The fourth-order valence-corrected chi connectivity index (χ4v) is 2.56. The topological polar surface area (TPSA) is 72.2 Å². The van der Waals surface area contributed by atoms with Crippen molar-refractivity contribution in [2.45, 2.75) is 5.92 Å². The van der Waals surface area contributed by atoms with E-state index in [2.05, 4.69) is 5.32 Å². The first-order chi connectivity index (χ1) is 11.2. The van der Waals surface area contributed by atoms with Gasteiger partial charge in [-0.1, -0.05) is 54.6 Å². The lowest BCUT2D eigenvalue weighted by molar-refractivity contribution is -0.385. The van der Waals surface area contributed by atoms with Crippen LogP contribution in [0.1, 0.15) is 21.8 Å². The summed E-state index contributed by atoms with van der Waals surface area (Å²) in [6.45, 7) is 0. The van der Waals surface area contributed by atoms with Crippen LogP contribution < -0.4 is 5.32 Å². The van der Waals surface area contributed by atoms with Gasteiger partial charge in [-0.15, -0.1) is 0 Å². The molecule has 0 saturated heterocycles. The second-order valence-corrected chi connectivity index (χ2v) is 5.11. The summed E-state index contributed by atoms with van der Waals surface area (Å²) in [7, 11) is 0. The zero-order valence-corrected chi connectivity index (χ0v) is 12.2. The first-order valence-corrected chi connectivity index (χ1v) is 7.15. The van der Waals surface area contributed by atoms with Crippen molar-refractivity contribution < 1.29 is 9.72 Å². The van der Waals surface area contributed by atoms with Gasteiger partial charge in [0.1, 0.15) is 5.56 Å². The Morgan fingerprint density at radius 1 is 1.00 bits per heavy atom. The van der Waals surface area contributed by atoms with Crippen LogP contribution in [0.4, 0.5) is 11.4 Å². The summed E-state index contributed by atoms with van der Waals surface area (Å²) in [5, 5.41) is 13.8. The minimum atomic E-state index is -0.552. The minimum Gasteiger partial charge on any atom is -0.321 e. The van der Waals surface area contributed by atoms with Crippen LogP contribution in [0.25, 0.3) is 0 Å². The van der Waals surface area contributed by atoms with E-state index in [1.54, 1.807) is 12.1 Å². The number of nitro groups is 1. The van der Waals surface area contributed by atoms with Crippen molar-refractivity contribution in [1.82, 2.24) is 0 Å². The molecule has 0 radical (unpaired) electrons. The fourth-order valence-electron chi connectivity index (χ4n) is 2.56. The van der Waals surface area contributed by atoms with E-state index in [1.807, 2.05) is 42.5 Å². The molecular weight excluding hydrogens is 292 g/mol. The van der Waals surface area contributed by atoms with Crippen LogP contribution in [0.5, 0.6) is 0 Å². The standard InChI is InChI=1S/C18H14N2O3/c21-18(15-10-4-6-12-17(15)20(22)23)19-16-11-5-3-9-14(16)13-7-1-2-8-13/h1-13H,(H,19,21). The molecule has 23 heavy (non-hydrogen) atoms. The van der Waals surface area contributed by atoms with Gasteiger partial charge in [0, 0.05) is 17.7 Å². The van der Waals surface area contributed by atoms with Gasteiger partial charge < -0.3 is 5.32 Å². The number of hydrogen-bond donors (Lipinski definition) is 1. The number of nitrogens with one attached hydrogen (secondary N) is 1. The molecule has 114 valence electrons. The number of amides is 1. The number of benzene rings is 2. The molecule has 1 aliphatic rings. The number of hydrogen-bond acceptors (Lipinski definition) is 3. The van der Waals surface area contributed by atoms with Crippen molar-refractivity contribution in [2.75, 3.05) is 5.32 Å². The van der Waals surface area contributed by atoms with Crippen molar-refractivity contribution in [3.8, 4) is 0 Å². The summed E-state index contributed by atoms with van der Waals surface area (Å²) < 4.78 is 0. The molecule has 2 aromatic carbocycles. The number of rotatable bonds is 4. The van der Waals surface area contributed by atoms with Crippen LogP contribution in [0.2, 0.25) is 0 Å². The van der Waals surface area contributed by atoms with Crippen molar-refractivity contribution in [1.29, 1.82) is 0 Å². The predicted molar refractivity (Wildman–Crippen MR) is 88.5 cm³/mol. The summed E-state index contributed by atoms with van der Waals surface area (Å²) in [5.74, 6) is -0.395. The van der Waals surface area contributed by atoms with Gasteiger partial charge in [-0.25, -0.2) is 0 Å². The molecule has 3 rings (SSSR count). The molecule has 0 fully saturated rings.